The van der Waals surface area contributed by atoms with E-state index in [0.29, 0.717) is 18.6 Å². The first-order chi connectivity index (χ1) is 6.31. The van der Waals surface area contributed by atoms with Crippen LogP contribution in [0.3, 0.4) is 0 Å². The molecule has 0 aliphatic heterocycles. The molecule has 1 saturated carbocycles. The minimum absolute atomic E-state index is 0.335. The van der Waals surface area contributed by atoms with Crippen molar-refractivity contribution in [3.05, 3.63) is 20.8 Å². The molecule has 1 aromatic heterocycles. The Kier molecular flexibility index (Phi) is 3.03. The van der Waals surface area contributed by atoms with Gasteiger partial charge in [-0.15, -0.1) is 11.3 Å². The summed E-state index contributed by atoms with van der Waals surface area (Å²) in [6.07, 6.45) is 2.61. The van der Waals surface area contributed by atoms with Crippen molar-refractivity contribution in [3.8, 4) is 0 Å². The molecule has 0 amide bonds. The van der Waals surface area contributed by atoms with Crippen LogP contribution in [0.25, 0.3) is 0 Å². The SMILES string of the molecule is NCC(NC1CC1)c1sccc1Br. The molecule has 0 saturated heterocycles. The van der Waals surface area contributed by atoms with Crippen LogP contribution in [0.5, 0.6) is 0 Å². The molecule has 3 N–H and O–H groups in total. The Morgan fingerprint density at radius 2 is 2.46 bits per heavy atom. The molecule has 2 rings (SSSR count). The summed E-state index contributed by atoms with van der Waals surface area (Å²) in [6.45, 7) is 0.676. The van der Waals surface area contributed by atoms with Crippen LogP contribution in [-0.2, 0) is 0 Å². The number of thiophene rings is 1. The number of hydrogen-bond acceptors (Lipinski definition) is 3. The van der Waals surface area contributed by atoms with Gasteiger partial charge in [0.25, 0.3) is 0 Å². The van der Waals surface area contributed by atoms with E-state index in [1.54, 1.807) is 11.3 Å². The molecule has 1 aliphatic rings. The Labute approximate surface area is 90.6 Å². The molecule has 0 spiro atoms. The monoisotopic (exact) mass is 260 g/mol. The number of hydrogen-bond donors (Lipinski definition) is 2. The second-order valence-corrected chi connectivity index (χ2v) is 5.16. The summed E-state index contributed by atoms with van der Waals surface area (Å²) in [5.74, 6) is 0. The summed E-state index contributed by atoms with van der Waals surface area (Å²) in [7, 11) is 0. The molecule has 1 aromatic rings. The molecule has 0 aromatic carbocycles. The van der Waals surface area contributed by atoms with Gasteiger partial charge in [-0.2, -0.15) is 0 Å². The lowest BCUT2D eigenvalue weighted by Crippen LogP contribution is -2.29. The third kappa shape index (κ3) is 2.31. The third-order valence-electron chi connectivity index (χ3n) is 2.21. The second kappa shape index (κ2) is 4.09. The van der Waals surface area contributed by atoms with Gasteiger partial charge in [0.15, 0.2) is 0 Å². The Morgan fingerprint density at radius 3 is 2.92 bits per heavy atom. The molecule has 0 bridgehead atoms. The van der Waals surface area contributed by atoms with Crippen LogP contribution >= 0.6 is 27.3 Å². The Bertz CT molecular complexity index is 283. The summed E-state index contributed by atoms with van der Waals surface area (Å²) in [6, 6.07) is 3.13. The summed E-state index contributed by atoms with van der Waals surface area (Å²) < 4.78 is 1.18. The number of nitrogens with one attached hydrogen (secondary N) is 1. The van der Waals surface area contributed by atoms with Gasteiger partial charge in [0.05, 0.1) is 6.04 Å². The van der Waals surface area contributed by atoms with E-state index in [-0.39, 0.29) is 0 Å². The zero-order chi connectivity index (χ0) is 9.26. The lowest BCUT2D eigenvalue weighted by molar-refractivity contribution is 0.545. The van der Waals surface area contributed by atoms with E-state index in [0.717, 1.165) is 0 Å². The summed E-state index contributed by atoms with van der Waals surface area (Å²) >= 11 is 5.30. The zero-order valence-corrected chi connectivity index (χ0v) is 9.70. The molecular formula is C9H13BrN2S. The van der Waals surface area contributed by atoms with Gasteiger partial charge in [-0.25, -0.2) is 0 Å². The van der Waals surface area contributed by atoms with Gasteiger partial charge >= 0.3 is 0 Å². The summed E-state index contributed by atoms with van der Waals surface area (Å²) in [5, 5.41) is 5.63. The number of nitrogens with two attached hydrogens (primary N) is 1. The average Bonchev–Trinajstić information content (AvgIpc) is 2.85. The van der Waals surface area contributed by atoms with Crippen molar-refractivity contribution in [2.75, 3.05) is 6.54 Å². The van der Waals surface area contributed by atoms with Crippen molar-refractivity contribution in [1.82, 2.24) is 5.32 Å². The normalized spacial score (nSPS) is 18.9. The Morgan fingerprint density at radius 1 is 1.69 bits per heavy atom. The molecule has 1 aliphatic carbocycles. The highest BCUT2D eigenvalue weighted by molar-refractivity contribution is 9.10. The molecule has 1 fully saturated rings. The largest absolute Gasteiger partial charge is 0.329 e. The molecule has 1 heterocycles. The van der Waals surface area contributed by atoms with Gasteiger partial charge in [0, 0.05) is 21.9 Å². The van der Waals surface area contributed by atoms with E-state index >= 15 is 0 Å². The lowest BCUT2D eigenvalue weighted by Gasteiger charge is -2.15. The van der Waals surface area contributed by atoms with Gasteiger partial charge in [0.1, 0.15) is 0 Å². The van der Waals surface area contributed by atoms with Crippen LogP contribution in [-0.4, -0.2) is 12.6 Å². The lowest BCUT2D eigenvalue weighted by atomic mass is 10.2. The van der Waals surface area contributed by atoms with Crippen LogP contribution in [0.1, 0.15) is 23.8 Å². The van der Waals surface area contributed by atoms with E-state index in [4.69, 9.17) is 5.73 Å². The Balaban J connectivity index is 2.06. The molecule has 1 unspecified atom stereocenters. The minimum atomic E-state index is 0.335. The fourth-order valence-corrected chi connectivity index (χ4v) is 3.06. The van der Waals surface area contributed by atoms with Gasteiger partial charge in [-0.1, -0.05) is 0 Å². The van der Waals surface area contributed by atoms with Crippen molar-refractivity contribution in [2.24, 2.45) is 5.73 Å². The highest BCUT2D eigenvalue weighted by Gasteiger charge is 2.25. The van der Waals surface area contributed by atoms with Crippen LogP contribution in [0.2, 0.25) is 0 Å². The van der Waals surface area contributed by atoms with E-state index in [9.17, 15) is 0 Å². The number of rotatable bonds is 4. The highest BCUT2D eigenvalue weighted by atomic mass is 79.9. The predicted molar refractivity (Wildman–Crippen MR) is 60.0 cm³/mol. The smallest absolute Gasteiger partial charge is 0.0552 e. The highest BCUT2D eigenvalue weighted by Crippen LogP contribution is 2.31. The van der Waals surface area contributed by atoms with Gasteiger partial charge in [-0.3, -0.25) is 0 Å². The van der Waals surface area contributed by atoms with E-state index < -0.39 is 0 Å². The maximum absolute atomic E-state index is 5.73. The van der Waals surface area contributed by atoms with E-state index in [2.05, 4.69) is 32.7 Å². The standard InChI is InChI=1S/C9H13BrN2S/c10-7-3-4-13-9(7)8(5-11)12-6-1-2-6/h3-4,6,8,12H,1-2,5,11H2. The van der Waals surface area contributed by atoms with Crippen LogP contribution < -0.4 is 11.1 Å². The summed E-state index contributed by atoms with van der Waals surface area (Å²) in [4.78, 5) is 1.33. The maximum Gasteiger partial charge on any atom is 0.0552 e. The quantitative estimate of drug-likeness (QED) is 0.872. The van der Waals surface area contributed by atoms with Crippen LogP contribution in [0, 0.1) is 0 Å². The maximum atomic E-state index is 5.73. The van der Waals surface area contributed by atoms with Crippen molar-refractivity contribution in [2.45, 2.75) is 24.9 Å². The molecule has 1 atom stereocenters. The molecule has 13 heavy (non-hydrogen) atoms. The van der Waals surface area contributed by atoms with E-state index in [1.807, 2.05) is 0 Å². The van der Waals surface area contributed by atoms with Gasteiger partial charge in [-0.05, 0) is 40.2 Å². The van der Waals surface area contributed by atoms with Gasteiger partial charge < -0.3 is 11.1 Å². The second-order valence-electron chi connectivity index (χ2n) is 3.36. The van der Waals surface area contributed by atoms with Crippen molar-refractivity contribution in [1.29, 1.82) is 0 Å². The topological polar surface area (TPSA) is 38.0 Å². The molecule has 0 radical (unpaired) electrons. The molecule has 2 nitrogen and oxygen atoms in total. The van der Waals surface area contributed by atoms with Crippen molar-refractivity contribution >= 4 is 27.3 Å². The first-order valence-corrected chi connectivity index (χ1v) is 6.17. The van der Waals surface area contributed by atoms with Crippen molar-refractivity contribution in [3.63, 3.8) is 0 Å². The van der Waals surface area contributed by atoms with Gasteiger partial charge in [0.2, 0.25) is 0 Å². The zero-order valence-electron chi connectivity index (χ0n) is 7.29. The van der Waals surface area contributed by atoms with E-state index in [1.165, 1.54) is 22.2 Å². The fourth-order valence-electron chi connectivity index (χ4n) is 1.34. The summed E-state index contributed by atoms with van der Waals surface area (Å²) in [5.41, 5.74) is 5.73. The fraction of sp³-hybridized carbons (Fsp3) is 0.556. The van der Waals surface area contributed by atoms with Crippen molar-refractivity contribution < 1.29 is 0 Å². The number of halogens is 1. The first kappa shape index (κ1) is 9.65. The first-order valence-electron chi connectivity index (χ1n) is 4.50. The van der Waals surface area contributed by atoms with Crippen LogP contribution in [0.4, 0.5) is 0 Å². The molecular weight excluding hydrogens is 248 g/mol. The molecule has 72 valence electrons. The third-order valence-corrected chi connectivity index (χ3v) is 4.20. The Hall–Kier alpha value is 0.100. The van der Waals surface area contributed by atoms with Crippen LogP contribution in [0.15, 0.2) is 15.9 Å². The molecule has 4 heteroatoms. The minimum Gasteiger partial charge on any atom is -0.329 e. The average molecular weight is 261 g/mol. The predicted octanol–water partition coefficient (Wildman–Crippen LogP) is 2.26.